The highest BCUT2D eigenvalue weighted by Crippen LogP contribution is 2.41. The molecule has 1 amide bonds. The highest BCUT2D eigenvalue weighted by molar-refractivity contribution is 5.92. The summed E-state index contributed by atoms with van der Waals surface area (Å²) in [4.78, 5) is 10.7. The molecule has 3 heteroatoms. The minimum absolute atomic E-state index is 0.238. The molecule has 0 heterocycles. The van der Waals surface area contributed by atoms with E-state index in [2.05, 4.69) is 0 Å². The summed E-state index contributed by atoms with van der Waals surface area (Å²) in [6.45, 7) is 0. The molecule has 2 rings (SSSR count). The molecule has 0 aromatic heterocycles. The van der Waals surface area contributed by atoms with Gasteiger partial charge >= 0.3 is 0 Å². The van der Waals surface area contributed by atoms with Crippen molar-refractivity contribution in [1.82, 2.24) is 0 Å². The summed E-state index contributed by atoms with van der Waals surface area (Å²) in [7, 11) is 0. The van der Waals surface area contributed by atoms with E-state index in [4.69, 9.17) is 5.73 Å². The SMILES string of the molecule is NC(=O)c1ccc(C2CC2)c(F)c1. The Labute approximate surface area is 75.6 Å². The molecule has 2 nitrogen and oxygen atoms in total. The topological polar surface area (TPSA) is 43.1 Å². The first-order chi connectivity index (χ1) is 6.18. The second-order valence-corrected chi connectivity index (χ2v) is 3.37. The first-order valence-electron chi connectivity index (χ1n) is 4.27. The second kappa shape index (κ2) is 2.83. The summed E-state index contributed by atoms with van der Waals surface area (Å²) in [6.07, 6.45) is 2.10. The average molecular weight is 179 g/mol. The number of hydrogen-bond acceptors (Lipinski definition) is 1. The van der Waals surface area contributed by atoms with Crippen molar-refractivity contribution in [2.45, 2.75) is 18.8 Å². The van der Waals surface area contributed by atoms with Crippen LogP contribution in [0, 0.1) is 5.82 Å². The van der Waals surface area contributed by atoms with Crippen LogP contribution in [0.3, 0.4) is 0 Å². The molecule has 0 aliphatic heterocycles. The molecule has 0 saturated heterocycles. The Hall–Kier alpha value is -1.38. The highest BCUT2D eigenvalue weighted by atomic mass is 19.1. The van der Waals surface area contributed by atoms with Gasteiger partial charge in [0.1, 0.15) is 5.82 Å². The van der Waals surface area contributed by atoms with E-state index in [9.17, 15) is 9.18 Å². The largest absolute Gasteiger partial charge is 0.366 e. The lowest BCUT2D eigenvalue weighted by atomic mass is 10.1. The molecule has 0 spiro atoms. The standard InChI is InChI=1S/C10H10FNO/c11-9-5-7(10(12)13)3-4-8(9)6-1-2-6/h3-6H,1-2H2,(H2,12,13). The van der Waals surface area contributed by atoms with Gasteiger partial charge in [0.25, 0.3) is 0 Å². The average Bonchev–Trinajstić information content (AvgIpc) is 2.87. The van der Waals surface area contributed by atoms with Crippen molar-refractivity contribution >= 4 is 5.91 Å². The predicted octanol–water partition coefficient (Wildman–Crippen LogP) is 1.80. The maximum absolute atomic E-state index is 13.3. The van der Waals surface area contributed by atoms with Crippen LogP contribution >= 0.6 is 0 Å². The van der Waals surface area contributed by atoms with Crippen molar-refractivity contribution in [2.75, 3.05) is 0 Å². The predicted molar refractivity (Wildman–Crippen MR) is 46.9 cm³/mol. The van der Waals surface area contributed by atoms with Crippen LogP contribution in [0.4, 0.5) is 4.39 Å². The summed E-state index contributed by atoms with van der Waals surface area (Å²) in [5.74, 6) is -0.526. The van der Waals surface area contributed by atoms with Crippen LogP contribution in [0.2, 0.25) is 0 Å². The van der Waals surface area contributed by atoms with Crippen molar-refractivity contribution in [2.24, 2.45) is 5.73 Å². The van der Waals surface area contributed by atoms with Crippen LogP contribution < -0.4 is 5.73 Å². The zero-order valence-electron chi connectivity index (χ0n) is 7.09. The summed E-state index contributed by atoms with van der Waals surface area (Å²) in [5, 5.41) is 0. The van der Waals surface area contributed by atoms with Crippen LogP contribution in [-0.4, -0.2) is 5.91 Å². The fourth-order valence-electron chi connectivity index (χ4n) is 1.41. The van der Waals surface area contributed by atoms with Gasteiger partial charge in [-0.15, -0.1) is 0 Å². The quantitative estimate of drug-likeness (QED) is 0.739. The Bertz CT molecular complexity index is 358. The van der Waals surface area contributed by atoms with Gasteiger partial charge in [0, 0.05) is 5.56 Å². The van der Waals surface area contributed by atoms with Crippen molar-refractivity contribution in [3.8, 4) is 0 Å². The maximum Gasteiger partial charge on any atom is 0.248 e. The van der Waals surface area contributed by atoms with Gasteiger partial charge < -0.3 is 5.73 Å². The molecule has 1 aliphatic rings. The van der Waals surface area contributed by atoms with Crippen LogP contribution in [0.1, 0.15) is 34.7 Å². The van der Waals surface area contributed by atoms with Crippen LogP contribution in [0.5, 0.6) is 0 Å². The monoisotopic (exact) mass is 179 g/mol. The second-order valence-electron chi connectivity index (χ2n) is 3.37. The Morgan fingerprint density at radius 3 is 2.62 bits per heavy atom. The first kappa shape index (κ1) is 8.23. The number of carbonyl (C=O) groups excluding carboxylic acids is 1. The molecule has 0 radical (unpaired) electrons. The van der Waals surface area contributed by atoms with Crippen molar-refractivity contribution in [3.63, 3.8) is 0 Å². The van der Waals surface area contributed by atoms with E-state index in [-0.39, 0.29) is 11.4 Å². The number of carbonyl (C=O) groups is 1. The van der Waals surface area contributed by atoms with Gasteiger partial charge in [-0.2, -0.15) is 0 Å². The van der Waals surface area contributed by atoms with Crippen molar-refractivity contribution in [1.29, 1.82) is 0 Å². The number of primary amides is 1. The zero-order valence-corrected chi connectivity index (χ0v) is 7.09. The Kier molecular flexibility index (Phi) is 1.79. The van der Waals surface area contributed by atoms with Crippen LogP contribution in [0.15, 0.2) is 18.2 Å². The Balaban J connectivity index is 2.36. The van der Waals surface area contributed by atoms with E-state index in [0.717, 1.165) is 12.8 Å². The normalized spacial score (nSPS) is 15.8. The van der Waals surface area contributed by atoms with Gasteiger partial charge in [0.2, 0.25) is 5.91 Å². The summed E-state index contributed by atoms with van der Waals surface area (Å²) >= 11 is 0. The molecule has 1 aliphatic carbocycles. The number of hydrogen-bond donors (Lipinski definition) is 1. The molecule has 0 bridgehead atoms. The number of halogens is 1. The van der Waals surface area contributed by atoms with Gasteiger partial charge in [-0.25, -0.2) is 4.39 Å². The molecule has 1 aromatic rings. The molecule has 1 aromatic carbocycles. The van der Waals surface area contributed by atoms with Gasteiger partial charge in [0.15, 0.2) is 0 Å². The highest BCUT2D eigenvalue weighted by Gasteiger charge is 2.26. The molecule has 0 atom stereocenters. The van der Waals surface area contributed by atoms with E-state index in [1.165, 1.54) is 6.07 Å². The van der Waals surface area contributed by atoms with Crippen LogP contribution in [-0.2, 0) is 0 Å². The maximum atomic E-state index is 13.3. The molecule has 2 N–H and O–H groups in total. The fraction of sp³-hybridized carbons (Fsp3) is 0.300. The number of benzene rings is 1. The summed E-state index contributed by atoms with van der Waals surface area (Å²) in [6, 6.07) is 4.46. The minimum atomic E-state index is -0.582. The van der Waals surface area contributed by atoms with Crippen LogP contribution in [0.25, 0.3) is 0 Å². The van der Waals surface area contributed by atoms with Gasteiger partial charge in [-0.05, 0) is 36.5 Å². The van der Waals surface area contributed by atoms with E-state index < -0.39 is 5.91 Å². The van der Waals surface area contributed by atoms with E-state index >= 15 is 0 Å². The lowest BCUT2D eigenvalue weighted by molar-refractivity contribution is 0.1000. The first-order valence-corrected chi connectivity index (χ1v) is 4.27. The number of nitrogens with two attached hydrogens (primary N) is 1. The molecule has 1 saturated carbocycles. The molecule has 13 heavy (non-hydrogen) atoms. The van der Waals surface area contributed by atoms with Crippen molar-refractivity contribution < 1.29 is 9.18 Å². The smallest absolute Gasteiger partial charge is 0.248 e. The van der Waals surface area contributed by atoms with E-state index in [1.54, 1.807) is 12.1 Å². The third kappa shape index (κ3) is 1.54. The summed E-state index contributed by atoms with van der Waals surface area (Å²) < 4.78 is 13.3. The van der Waals surface area contributed by atoms with Gasteiger partial charge in [-0.1, -0.05) is 6.07 Å². The number of amides is 1. The molecule has 0 unspecified atom stereocenters. The van der Waals surface area contributed by atoms with E-state index in [0.29, 0.717) is 11.5 Å². The molecule has 68 valence electrons. The fourth-order valence-corrected chi connectivity index (χ4v) is 1.41. The molecule has 1 fully saturated rings. The lowest BCUT2D eigenvalue weighted by Gasteiger charge is -2.01. The summed E-state index contributed by atoms with van der Waals surface area (Å²) in [5.41, 5.74) is 5.97. The Morgan fingerprint density at radius 2 is 2.15 bits per heavy atom. The van der Waals surface area contributed by atoms with Gasteiger partial charge in [-0.3, -0.25) is 4.79 Å². The van der Waals surface area contributed by atoms with Crippen molar-refractivity contribution in [3.05, 3.63) is 35.1 Å². The molecular weight excluding hydrogens is 169 g/mol. The minimum Gasteiger partial charge on any atom is -0.366 e. The zero-order chi connectivity index (χ0) is 9.42. The van der Waals surface area contributed by atoms with E-state index in [1.807, 2.05) is 0 Å². The Morgan fingerprint density at radius 1 is 1.46 bits per heavy atom. The number of rotatable bonds is 2. The third-order valence-corrected chi connectivity index (χ3v) is 2.30. The lowest BCUT2D eigenvalue weighted by Crippen LogP contribution is -2.11. The third-order valence-electron chi connectivity index (χ3n) is 2.30. The molecular formula is C10H10FNO. The van der Waals surface area contributed by atoms with Gasteiger partial charge in [0.05, 0.1) is 0 Å².